The summed E-state index contributed by atoms with van der Waals surface area (Å²) in [5.74, 6) is -0.254. The van der Waals surface area contributed by atoms with Crippen LogP contribution in [0.25, 0.3) is 0 Å². The van der Waals surface area contributed by atoms with Crippen molar-refractivity contribution in [3.05, 3.63) is 34.1 Å². The SMILES string of the molecule is CC(C)N1C(=O)C[C@H](N)[C@H]1c1ccc(F)c(Br)c1. The first kappa shape index (κ1) is 13.5. The number of carbonyl (C=O) groups is 1. The Morgan fingerprint density at radius 2 is 2.17 bits per heavy atom. The van der Waals surface area contributed by atoms with Crippen LogP contribution in [0.5, 0.6) is 0 Å². The molecule has 2 N–H and O–H groups in total. The van der Waals surface area contributed by atoms with Gasteiger partial charge in [-0.05, 0) is 47.5 Å². The van der Waals surface area contributed by atoms with Crippen molar-refractivity contribution >= 4 is 21.8 Å². The zero-order valence-corrected chi connectivity index (χ0v) is 11.9. The van der Waals surface area contributed by atoms with Gasteiger partial charge in [-0.1, -0.05) is 6.07 Å². The number of hydrogen-bond donors (Lipinski definition) is 1. The molecule has 1 aliphatic heterocycles. The molecule has 1 amide bonds. The van der Waals surface area contributed by atoms with Gasteiger partial charge in [0.1, 0.15) is 5.82 Å². The Hall–Kier alpha value is -0.940. The summed E-state index contributed by atoms with van der Waals surface area (Å²) in [5, 5.41) is 0. The third-order valence-electron chi connectivity index (χ3n) is 3.25. The molecule has 1 saturated heterocycles. The van der Waals surface area contributed by atoms with E-state index < -0.39 is 0 Å². The zero-order chi connectivity index (χ0) is 13.4. The molecule has 0 saturated carbocycles. The summed E-state index contributed by atoms with van der Waals surface area (Å²) in [5.41, 5.74) is 6.92. The molecular formula is C13H16BrFN2O. The van der Waals surface area contributed by atoms with Crippen molar-refractivity contribution in [3.8, 4) is 0 Å². The number of carbonyl (C=O) groups excluding carboxylic acids is 1. The van der Waals surface area contributed by atoms with E-state index in [9.17, 15) is 9.18 Å². The van der Waals surface area contributed by atoms with Gasteiger partial charge in [0.25, 0.3) is 0 Å². The molecule has 1 fully saturated rings. The summed E-state index contributed by atoms with van der Waals surface area (Å²) in [6, 6.07) is 4.46. The van der Waals surface area contributed by atoms with Crippen molar-refractivity contribution in [2.45, 2.75) is 38.4 Å². The van der Waals surface area contributed by atoms with Gasteiger partial charge >= 0.3 is 0 Å². The summed E-state index contributed by atoms with van der Waals surface area (Å²) in [4.78, 5) is 13.7. The molecule has 98 valence electrons. The average molecular weight is 315 g/mol. The number of nitrogens with two attached hydrogens (primary N) is 1. The van der Waals surface area contributed by atoms with E-state index in [2.05, 4.69) is 15.9 Å². The predicted octanol–water partition coefficient (Wildman–Crippen LogP) is 2.60. The highest BCUT2D eigenvalue weighted by Crippen LogP contribution is 2.35. The van der Waals surface area contributed by atoms with E-state index in [1.165, 1.54) is 6.07 Å². The van der Waals surface area contributed by atoms with Crippen molar-refractivity contribution in [3.63, 3.8) is 0 Å². The minimum absolute atomic E-state index is 0.0583. The van der Waals surface area contributed by atoms with Gasteiger partial charge in [-0.15, -0.1) is 0 Å². The Balaban J connectivity index is 2.40. The fraction of sp³-hybridized carbons (Fsp3) is 0.462. The molecule has 1 aliphatic rings. The van der Waals surface area contributed by atoms with Gasteiger partial charge in [0.15, 0.2) is 0 Å². The second-order valence-electron chi connectivity index (χ2n) is 4.88. The normalized spacial score (nSPS) is 24.1. The Morgan fingerprint density at radius 3 is 2.72 bits per heavy atom. The van der Waals surface area contributed by atoms with Crippen LogP contribution >= 0.6 is 15.9 Å². The van der Waals surface area contributed by atoms with E-state index in [0.717, 1.165) is 5.56 Å². The molecule has 0 spiro atoms. The Bertz CT molecular complexity index is 478. The lowest BCUT2D eigenvalue weighted by Gasteiger charge is -2.30. The van der Waals surface area contributed by atoms with Gasteiger partial charge < -0.3 is 10.6 Å². The summed E-state index contributed by atoms with van der Waals surface area (Å²) >= 11 is 3.17. The van der Waals surface area contributed by atoms with E-state index in [1.807, 2.05) is 13.8 Å². The maximum atomic E-state index is 13.3. The topological polar surface area (TPSA) is 46.3 Å². The Morgan fingerprint density at radius 1 is 1.50 bits per heavy atom. The van der Waals surface area contributed by atoms with Crippen molar-refractivity contribution in [2.75, 3.05) is 0 Å². The number of hydrogen-bond acceptors (Lipinski definition) is 2. The highest BCUT2D eigenvalue weighted by molar-refractivity contribution is 9.10. The quantitative estimate of drug-likeness (QED) is 0.912. The molecule has 0 radical (unpaired) electrons. The molecule has 18 heavy (non-hydrogen) atoms. The first-order valence-corrected chi connectivity index (χ1v) is 6.72. The average Bonchev–Trinajstić information content (AvgIpc) is 2.57. The minimum Gasteiger partial charge on any atom is -0.332 e. The van der Waals surface area contributed by atoms with E-state index in [0.29, 0.717) is 10.9 Å². The number of amides is 1. The van der Waals surface area contributed by atoms with Gasteiger partial charge in [0, 0.05) is 18.5 Å². The largest absolute Gasteiger partial charge is 0.332 e. The van der Waals surface area contributed by atoms with Crippen LogP contribution in [0.2, 0.25) is 0 Å². The van der Waals surface area contributed by atoms with Gasteiger partial charge in [-0.2, -0.15) is 0 Å². The van der Waals surface area contributed by atoms with Crippen LogP contribution in [0.3, 0.4) is 0 Å². The van der Waals surface area contributed by atoms with E-state index in [1.54, 1.807) is 17.0 Å². The fourth-order valence-electron chi connectivity index (χ4n) is 2.49. The molecule has 3 nitrogen and oxygen atoms in total. The number of nitrogens with zero attached hydrogens (tertiary/aromatic N) is 1. The van der Waals surface area contributed by atoms with Crippen molar-refractivity contribution < 1.29 is 9.18 Å². The smallest absolute Gasteiger partial charge is 0.225 e. The monoisotopic (exact) mass is 314 g/mol. The lowest BCUT2D eigenvalue weighted by molar-refractivity contribution is -0.130. The molecular weight excluding hydrogens is 299 g/mol. The van der Waals surface area contributed by atoms with E-state index in [4.69, 9.17) is 5.73 Å². The third-order valence-corrected chi connectivity index (χ3v) is 3.85. The molecule has 5 heteroatoms. The predicted molar refractivity (Wildman–Crippen MR) is 71.4 cm³/mol. The summed E-state index contributed by atoms with van der Waals surface area (Å²) in [7, 11) is 0. The Labute approximate surface area is 114 Å². The first-order valence-electron chi connectivity index (χ1n) is 5.93. The van der Waals surface area contributed by atoms with Crippen molar-refractivity contribution in [1.29, 1.82) is 0 Å². The highest BCUT2D eigenvalue weighted by Gasteiger charge is 2.39. The van der Waals surface area contributed by atoms with Crippen LogP contribution in [-0.4, -0.2) is 22.9 Å². The number of likely N-dealkylation sites (tertiary alicyclic amines) is 1. The van der Waals surface area contributed by atoms with Crippen LogP contribution in [-0.2, 0) is 4.79 Å². The van der Waals surface area contributed by atoms with Gasteiger partial charge in [0.05, 0.1) is 10.5 Å². The number of halogens is 2. The molecule has 2 atom stereocenters. The lowest BCUT2D eigenvalue weighted by Crippen LogP contribution is -2.37. The molecule has 0 aliphatic carbocycles. The highest BCUT2D eigenvalue weighted by atomic mass is 79.9. The molecule has 1 aromatic carbocycles. The first-order chi connectivity index (χ1) is 8.41. The van der Waals surface area contributed by atoms with Gasteiger partial charge in [-0.25, -0.2) is 4.39 Å². The van der Waals surface area contributed by atoms with Crippen LogP contribution in [0.1, 0.15) is 31.9 Å². The number of rotatable bonds is 2. The van der Waals surface area contributed by atoms with Gasteiger partial charge in [-0.3, -0.25) is 4.79 Å². The minimum atomic E-state index is -0.312. The van der Waals surface area contributed by atoms with E-state index >= 15 is 0 Å². The summed E-state index contributed by atoms with van der Waals surface area (Å²) < 4.78 is 13.7. The molecule has 2 rings (SSSR count). The standard InChI is InChI=1S/C13H16BrFN2O/c1-7(2)17-12(18)6-11(16)13(17)8-3-4-10(15)9(14)5-8/h3-5,7,11,13H,6,16H2,1-2H3/t11-,13+/m0/s1. The summed E-state index contributed by atoms with van der Waals surface area (Å²) in [6.45, 7) is 3.92. The second kappa shape index (κ2) is 4.97. The lowest BCUT2D eigenvalue weighted by atomic mass is 10.00. The van der Waals surface area contributed by atoms with Crippen molar-refractivity contribution in [2.24, 2.45) is 5.73 Å². The maximum absolute atomic E-state index is 13.3. The third kappa shape index (κ3) is 2.29. The van der Waals surface area contributed by atoms with Gasteiger partial charge in [0.2, 0.25) is 5.91 Å². The molecule has 1 aromatic rings. The summed E-state index contributed by atoms with van der Waals surface area (Å²) in [6.07, 6.45) is 0.345. The maximum Gasteiger partial charge on any atom is 0.225 e. The van der Waals surface area contributed by atoms with Crippen LogP contribution < -0.4 is 5.73 Å². The second-order valence-corrected chi connectivity index (χ2v) is 5.74. The van der Waals surface area contributed by atoms with Crippen LogP contribution in [0.15, 0.2) is 22.7 Å². The number of benzene rings is 1. The fourth-order valence-corrected chi connectivity index (χ4v) is 2.89. The molecule has 0 bridgehead atoms. The van der Waals surface area contributed by atoms with Crippen LogP contribution in [0, 0.1) is 5.82 Å². The van der Waals surface area contributed by atoms with Crippen LogP contribution in [0.4, 0.5) is 4.39 Å². The zero-order valence-electron chi connectivity index (χ0n) is 10.4. The molecule has 1 heterocycles. The molecule has 0 aromatic heterocycles. The Kier molecular flexibility index (Phi) is 3.73. The van der Waals surface area contributed by atoms with Crippen molar-refractivity contribution in [1.82, 2.24) is 4.90 Å². The van der Waals surface area contributed by atoms with E-state index in [-0.39, 0.29) is 29.8 Å². The molecule has 0 unspecified atom stereocenters.